The molecule has 2 heterocycles. The Morgan fingerprint density at radius 1 is 0.533 bits per heavy atom. The number of nitrogens with two attached hydrogens (primary N) is 3. The summed E-state index contributed by atoms with van der Waals surface area (Å²) in [5.74, 6) is 1.24. The summed E-state index contributed by atoms with van der Waals surface area (Å²) in [7, 11) is -7.36. The molecule has 6 rings (SSSR count). The van der Waals surface area contributed by atoms with Crippen molar-refractivity contribution in [3.63, 3.8) is 0 Å². The Balaban J connectivity index is 0.000000178. The van der Waals surface area contributed by atoms with E-state index in [0.29, 0.717) is 23.0 Å². The van der Waals surface area contributed by atoms with Gasteiger partial charge in [0, 0.05) is 34.8 Å². The van der Waals surface area contributed by atoms with Crippen LogP contribution in [-0.4, -0.2) is 37.2 Å². The number of benzene rings is 4. The van der Waals surface area contributed by atoms with Crippen LogP contribution >= 0.6 is 0 Å². The van der Waals surface area contributed by atoms with Gasteiger partial charge < -0.3 is 16.4 Å². The van der Waals surface area contributed by atoms with Crippen LogP contribution in [0.2, 0.25) is 0 Å². The number of hydrogen-bond acceptors (Lipinski definition) is 9. The average Bonchev–Trinajstić information content (AvgIpc) is 3.68. The van der Waals surface area contributed by atoms with Crippen molar-refractivity contribution in [1.82, 2.24) is 20.4 Å². The van der Waals surface area contributed by atoms with Crippen molar-refractivity contribution in [3.05, 3.63) is 115 Å². The minimum atomic E-state index is -3.69. The monoisotopic (exact) mass is 643 g/mol. The molecule has 0 spiro atoms. The predicted octanol–water partition coefficient (Wildman–Crippen LogP) is 4.52. The second-order valence-electron chi connectivity index (χ2n) is 9.71. The summed E-state index contributed by atoms with van der Waals surface area (Å²) in [6.07, 6.45) is 0. The molecule has 45 heavy (non-hydrogen) atoms. The second kappa shape index (κ2) is 13.0. The fourth-order valence-electron chi connectivity index (χ4n) is 4.14. The first-order chi connectivity index (χ1) is 21.4. The molecular weight excluding hydrogens is 615 g/mol. The average molecular weight is 644 g/mol. The topological polar surface area (TPSA) is 228 Å². The van der Waals surface area contributed by atoms with Crippen LogP contribution in [0, 0.1) is 0 Å². The summed E-state index contributed by atoms with van der Waals surface area (Å²) in [4.78, 5) is 0.135. The molecule has 13 nitrogen and oxygen atoms in total. The van der Waals surface area contributed by atoms with Crippen LogP contribution in [0.25, 0.3) is 22.5 Å². The van der Waals surface area contributed by atoms with E-state index in [4.69, 9.17) is 16.0 Å². The molecule has 0 radical (unpaired) electrons. The van der Waals surface area contributed by atoms with Gasteiger partial charge in [0.15, 0.2) is 11.6 Å². The lowest BCUT2D eigenvalue weighted by Gasteiger charge is -2.03. The predicted molar refractivity (Wildman–Crippen MR) is 175 cm³/mol. The summed E-state index contributed by atoms with van der Waals surface area (Å²) in [6, 6.07) is 33.3. The van der Waals surface area contributed by atoms with E-state index in [2.05, 4.69) is 31.0 Å². The molecule has 0 amide bonds. The molecule has 4 aromatic carbocycles. The smallest absolute Gasteiger partial charge is 0.238 e. The van der Waals surface area contributed by atoms with Crippen LogP contribution in [0.3, 0.4) is 0 Å². The Morgan fingerprint density at radius 3 is 1.42 bits per heavy atom. The van der Waals surface area contributed by atoms with Gasteiger partial charge in [0.2, 0.25) is 20.0 Å². The largest absolute Gasteiger partial charge is 0.399 e. The van der Waals surface area contributed by atoms with Crippen LogP contribution in [0.15, 0.2) is 125 Å². The first-order valence-corrected chi connectivity index (χ1v) is 16.4. The molecule has 230 valence electrons. The van der Waals surface area contributed by atoms with E-state index in [0.717, 1.165) is 28.2 Å². The van der Waals surface area contributed by atoms with E-state index >= 15 is 0 Å². The van der Waals surface area contributed by atoms with Gasteiger partial charge in [-0.3, -0.25) is 10.2 Å². The molecule has 0 bridgehead atoms. The summed E-state index contributed by atoms with van der Waals surface area (Å²) < 4.78 is 44.8. The third kappa shape index (κ3) is 8.33. The molecule has 6 aromatic rings. The lowest BCUT2D eigenvalue weighted by molar-refractivity contribution is 0.596. The maximum atomic E-state index is 11.2. The molecule has 0 aliphatic rings. The molecule has 15 heteroatoms. The zero-order valence-corrected chi connectivity index (χ0v) is 25.2. The number of primary sulfonamides is 2. The number of aromatic amines is 2. The maximum Gasteiger partial charge on any atom is 0.238 e. The van der Waals surface area contributed by atoms with Crippen molar-refractivity contribution < 1.29 is 16.8 Å². The van der Waals surface area contributed by atoms with Crippen molar-refractivity contribution in [3.8, 4) is 22.5 Å². The zero-order valence-electron chi connectivity index (χ0n) is 23.5. The first-order valence-electron chi connectivity index (χ1n) is 13.3. The number of nitrogen functional groups attached to an aromatic ring is 1. The summed E-state index contributed by atoms with van der Waals surface area (Å²) >= 11 is 0. The first kappa shape index (κ1) is 31.0. The molecule has 0 aliphatic carbocycles. The highest BCUT2D eigenvalue weighted by atomic mass is 32.2. The fraction of sp³-hybridized carbons (Fsp3) is 0. The van der Waals surface area contributed by atoms with E-state index in [-0.39, 0.29) is 9.79 Å². The minimum absolute atomic E-state index is 0.0607. The van der Waals surface area contributed by atoms with Crippen LogP contribution in [0.4, 0.5) is 28.7 Å². The highest BCUT2D eigenvalue weighted by Crippen LogP contribution is 2.25. The number of rotatable bonds is 8. The molecule has 0 fully saturated rings. The van der Waals surface area contributed by atoms with E-state index in [1.807, 2.05) is 66.7 Å². The number of nitrogens with zero attached hydrogens (tertiary/aromatic N) is 2. The van der Waals surface area contributed by atoms with Gasteiger partial charge in [-0.15, -0.1) is 0 Å². The molecule has 0 saturated heterocycles. The number of nitrogens with one attached hydrogen (secondary N) is 4. The summed E-state index contributed by atoms with van der Waals surface area (Å²) in [5.41, 5.74) is 11.5. The standard InChI is InChI=1S/C15H15N5O2S.C15H14N4O2S/c16-11-3-1-2-10(8-11)14-9-15(20-19-14)18-12-4-6-13(7-5-12)23(17,21)22;16-22(20,21)13-8-6-12(7-9-13)17-15-10-14(18-19-15)11-4-2-1-3-5-11/h1-9H,16H2,(H2,17,21,22)(H2,18,19,20);1-10H,(H2,16,20,21)(H2,17,18,19). The van der Waals surface area contributed by atoms with Gasteiger partial charge in [-0.05, 0) is 66.2 Å². The normalized spacial score (nSPS) is 11.3. The van der Waals surface area contributed by atoms with Crippen molar-refractivity contribution in [2.75, 3.05) is 16.4 Å². The molecule has 0 aliphatic heterocycles. The van der Waals surface area contributed by atoms with Gasteiger partial charge in [-0.2, -0.15) is 10.2 Å². The molecule has 10 N–H and O–H groups in total. The van der Waals surface area contributed by atoms with Crippen LogP contribution < -0.4 is 26.6 Å². The van der Waals surface area contributed by atoms with E-state index in [1.54, 1.807) is 24.3 Å². The lowest BCUT2D eigenvalue weighted by Crippen LogP contribution is -2.11. The highest BCUT2D eigenvalue weighted by Gasteiger charge is 2.09. The van der Waals surface area contributed by atoms with E-state index in [9.17, 15) is 16.8 Å². The molecule has 0 unspecified atom stereocenters. The van der Waals surface area contributed by atoms with Gasteiger partial charge in [0.1, 0.15) is 0 Å². The van der Waals surface area contributed by atoms with Crippen LogP contribution in [-0.2, 0) is 20.0 Å². The van der Waals surface area contributed by atoms with E-state index in [1.165, 1.54) is 24.3 Å². The molecule has 2 aromatic heterocycles. The summed E-state index contributed by atoms with van der Waals surface area (Å²) in [5, 5.41) is 30.5. The Hall–Kier alpha value is -5.48. The molecular formula is C30H29N9O4S2. The Morgan fingerprint density at radius 2 is 0.978 bits per heavy atom. The number of anilines is 5. The van der Waals surface area contributed by atoms with Gasteiger partial charge in [-0.25, -0.2) is 27.1 Å². The Kier molecular flexibility index (Phi) is 8.96. The Bertz CT molecular complexity index is 2110. The highest BCUT2D eigenvalue weighted by molar-refractivity contribution is 7.89. The second-order valence-corrected chi connectivity index (χ2v) is 12.8. The number of sulfonamides is 2. The summed E-state index contributed by atoms with van der Waals surface area (Å²) in [6.45, 7) is 0. The SMILES string of the molecule is NS(=O)(=O)c1ccc(Nc2cc(-c3ccccc3)[nH]n2)cc1.Nc1cccc(-c2cc(Nc3ccc(S(N)(=O)=O)cc3)n[nH]2)c1. The third-order valence-corrected chi connectivity index (χ3v) is 8.21. The minimum Gasteiger partial charge on any atom is -0.399 e. The number of hydrogen-bond donors (Lipinski definition) is 7. The lowest BCUT2D eigenvalue weighted by atomic mass is 10.1. The zero-order chi connectivity index (χ0) is 32.0. The van der Waals surface area contributed by atoms with Gasteiger partial charge in [0.25, 0.3) is 0 Å². The van der Waals surface area contributed by atoms with Crippen molar-refractivity contribution in [2.24, 2.45) is 10.3 Å². The quantitative estimate of drug-likeness (QED) is 0.116. The Labute approximate surface area is 259 Å². The molecule has 0 atom stereocenters. The van der Waals surface area contributed by atoms with Crippen molar-refractivity contribution >= 4 is 48.7 Å². The maximum absolute atomic E-state index is 11.2. The van der Waals surface area contributed by atoms with Gasteiger partial charge in [-0.1, -0.05) is 42.5 Å². The van der Waals surface area contributed by atoms with Crippen LogP contribution in [0.1, 0.15) is 0 Å². The van der Waals surface area contributed by atoms with Crippen molar-refractivity contribution in [2.45, 2.75) is 9.79 Å². The third-order valence-electron chi connectivity index (χ3n) is 6.35. The molecule has 0 saturated carbocycles. The van der Waals surface area contributed by atoms with Gasteiger partial charge >= 0.3 is 0 Å². The van der Waals surface area contributed by atoms with Crippen molar-refractivity contribution in [1.29, 1.82) is 0 Å². The fourth-order valence-corrected chi connectivity index (χ4v) is 5.17. The number of aromatic nitrogens is 4. The number of H-pyrrole nitrogens is 2. The van der Waals surface area contributed by atoms with Gasteiger partial charge in [0.05, 0.1) is 21.2 Å². The van der Waals surface area contributed by atoms with Crippen LogP contribution in [0.5, 0.6) is 0 Å². The van der Waals surface area contributed by atoms with E-state index < -0.39 is 20.0 Å².